The second kappa shape index (κ2) is 8.22. The van der Waals surface area contributed by atoms with E-state index in [1.807, 2.05) is 0 Å². The second-order valence-corrected chi connectivity index (χ2v) is 8.46. The first-order valence-corrected chi connectivity index (χ1v) is 10.3. The Morgan fingerprint density at radius 2 is 2.08 bits per heavy atom. The highest BCUT2D eigenvalue weighted by Gasteiger charge is 2.31. The molecule has 0 spiro atoms. The molecule has 26 heavy (non-hydrogen) atoms. The number of anilines is 1. The highest BCUT2D eigenvalue weighted by molar-refractivity contribution is 8.15. The molecule has 7 nitrogen and oxygen atoms in total. The van der Waals surface area contributed by atoms with Gasteiger partial charge >= 0.3 is 5.97 Å². The number of hydrogen-bond donors (Lipinski definition) is 2. The molecule has 1 aromatic heterocycles. The predicted molar refractivity (Wildman–Crippen MR) is 103 cm³/mol. The van der Waals surface area contributed by atoms with Crippen molar-refractivity contribution in [2.24, 2.45) is 10.7 Å². The Morgan fingerprint density at radius 3 is 2.77 bits per heavy atom. The first-order valence-electron chi connectivity index (χ1n) is 8.65. The Hall–Kier alpha value is -1.87. The number of hydrogen-bond acceptors (Lipinski definition) is 7. The number of carbonyl (C=O) groups excluding carboxylic acids is 3. The predicted octanol–water partition coefficient (Wildman–Crippen LogP) is 2.48. The van der Waals surface area contributed by atoms with Crippen LogP contribution in [-0.4, -0.2) is 34.8 Å². The number of thiophene rings is 1. The molecule has 0 saturated heterocycles. The SMILES string of the molecule is CCOC(=O)c1c(NC(=O)CC2SC(N)=NC2=O)sc2c1CCCCC2. The number of ether oxygens (including phenoxy) is 1. The van der Waals surface area contributed by atoms with Gasteiger partial charge in [-0.2, -0.15) is 4.99 Å². The number of thioether (sulfide) groups is 1. The van der Waals surface area contributed by atoms with Crippen molar-refractivity contribution in [3.05, 3.63) is 16.0 Å². The van der Waals surface area contributed by atoms with Gasteiger partial charge in [-0.15, -0.1) is 11.3 Å². The molecule has 9 heteroatoms. The van der Waals surface area contributed by atoms with Crippen LogP contribution in [0.5, 0.6) is 0 Å². The van der Waals surface area contributed by atoms with Crippen molar-refractivity contribution in [1.82, 2.24) is 0 Å². The van der Waals surface area contributed by atoms with Crippen molar-refractivity contribution in [3.63, 3.8) is 0 Å². The van der Waals surface area contributed by atoms with E-state index in [-0.39, 0.29) is 24.1 Å². The minimum Gasteiger partial charge on any atom is -0.462 e. The van der Waals surface area contributed by atoms with Gasteiger partial charge in [-0.25, -0.2) is 4.79 Å². The number of nitrogens with two attached hydrogens (primary N) is 1. The molecule has 0 fully saturated rings. The normalized spacial score (nSPS) is 19.5. The lowest BCUT2D eigenvalue weighted by Gasteiger charge is -2.10. The van der Waals surface area contributed by atoms with E-state index in [1.165, 1.54) is 11.3 Å². The summed E-state index contributed by atoms with van der Waals surface area (Å²) >= 11 is 2.53. The van der Waals surface area contributed by atoms with Gasteiger partial charge in [-0.05, 0) is 38.2 Å². The van der Waals surface area contributed by atoms with Crippen LogP contribution in [0, 0.1) is 0 Å². The summed E-state index contributed by atoms with van der Waals surface area (Å²) < 4.78 is 5.20. The molecule has 1 unspecified atom stereocenters. The van der Waals surface area contributed by atoms with Crippen molar-refractivity contribution >= 4 is 51.1 Å². The lowest BCUT2D eigenvalue weighted by molar-refractivity contribution is -0.121. The Kier molecular flexibility index (Phi) is 5.98. The average molecular weight is 396 g/mol. The van der Waals surface area contributed by atoms with E-state index < -0.39 is 17.1 Å². The fourth-order valence-electron chi connectivity index (χ4n) is 3.13. The molecule has 0 radical (unpaired) electrons. The van der Waals surface area contributed by atoms with Crippen molar-refractivity contribution in [1.29, 1.82) is 0 Å². The minimum absolute atomic E-state index is 0.0292. The van der Waals surface area contributed by atoms with E-state index >= 15 is 0 Å². The van der Waals surface area contributed by atoms with Gasteiger partial charge in [0.25, 0.3) is 5.91 Å². The summed E-state index contributed by atoms with van der Waals surface area (Å²) in [4.78, 5) is 41.4. The molecule has 1 aliphatic heterocycles. The molecule has 0 aromatic carbocycles. The summed E-state index contributed by atoms with van der Waals surface area (Å²) in [5, 5.41) is 2.91. The molecule has 140 valence electrons. The zero-order valence-corrected chi connectivity index (χ0v) is 16.1. The zero-order chi connectivity index (χ0) is 18.7. The van der Waals surface area contributed by atoms with Crippen LogP contribution in [0.1, 0.15) is 53.4 Å². The van der Waals surface area contributed by atoms with Gasteiger partial charge in [0.05, 0.1) is 12.2 Å². The summed E-state index contributed by atoms with van der Waals surface area (Å²) in [6, 6.07) is 0. The molecule has 3 rings (SSSR count). The van der Waals surface area contributed by atoms with Crippen LogP contribution < -0.4 is 11.1 Å². The highest BCUT2D eigenvalue weighted by Crippen LogP contribution is 2.38. The van der Waals surface area contributed by atoms with Crippen LogP contribution in [0.2, 0.25) is 0 Å². The fourth-order valence-corrected chi connectivity index (χ4v) is 5.24. The van der Waals surface area contributed by atoms with Gasteiger partial charge < -0.3 is 15.8 Å². The number of aliphatic imine (C=N–C) groups is 1. The van der Waals surface area contributed by atoms with Gasteiger partial charge in [0.1, 0.15) is 10.3 Å². The Labute approximate surface area is 159 Å². The molecule has 2 aliphatic rings. The molecule has 1 atom stereocenters. The summed E-state index contributed by atoms with van der Waals surface area (Å²) in [6.45, 7) is 2.04. The van der Waals surface area contributed by atoms with E-state index in [0.717, 1.165) is 54.3 Å². The number of nitrogens with one attached hydrogen (secondary N) is 1. The van der Waals surface area contributed by atoms with Crippen molar-refractivity contribution in [2.75, 3.05) is 11.9 Å². The number of carbonyl (C=O) groups is 3. The molecule has 0 bridgehead atoms. The molecule has 1 aromatic rings. The first kappa shape index (κ1) is 18.9. The van der Waals surface area contributed by atoms with E-state index in [0.29, 0.717) is 10.6 Å². The van der Waals surface area contributed by atoms with Crippen molar-refractivity contribution in [3.8, 4) is 0 Å². The first-order chi connectivity index (χ1) is 12.5. The Morgan fingerprint density at radius 1 is 1.31 bits per heavy atom. The second-order valence-electron chi connectivity index (χ2n) is 6.14. The summed E-state index contributed by atoms with van der Waals surface area (Å²) in [5.74, 6) is -1.13. The molecular weight excluding hydrogens is 374 g/mol. The quantitative estimate of drug-likeness (QED) is 0.585. The number of aryl methyl sites for hydroxylation is 1. The third kappa shape index (κ3) is 4.09. The summed E-state index contributed by atoms with van der Waals surface area (Å²) in [5.41, 5.74) is 7.00. The maximum Gasteiger partial charge on any atom is 0.341 e. The third-order valence-electron chi connectivity index (χ3n) is 4.28. The number of rotatable bonds is 5. The minimum atomic E-state index is -0.598. The van der Waals surface area contributed by atoms with Crippen LogP contribution in [-0.2, 0) is 27.2 Å². The van der Waals surface area contributed by atoms with Crippen LogP contribution in [0.25, 0.3) is 0 Å². The standard InChI is InChI=1S/C17H21N3O4S2/c1-2-24-16(23)13-9-6-4-3-5-7-10(9)25-15(13)19-12(21)8-11-14(22)20-17(18)26-11/h11H,2-8H2,1H3,(H,19,21)(H2,18,20,22). The topological polar surface area (TPSA) is 111 Å². The molecule has 0 saturated carbocycles. The van der Waals surface area contributed by atoms with Gasteiger partial charge in [0.2, 0.25) is 5.91 Å². The largest absolute Gasteiger partial charge is 0.462 e. The lowest BCUT2D eigenvalue weighted by Crippen LogP contribution is -2.22. The Balaban J connectivity index is 1.79. The van der Waals surface area contributed by atoms with Gasteiger partial charge in [0.15, 0.2) is 5.17 Å². The van der Waals surface area contributed by atoms with E-state index in [2.05, 4.69) is 10.3 Å². The zero-order valence-electron chi connectivity index (χ0n) is 14.5. The highest BCUT2D eigenvalue weighted by atomic mass is 32.2. The number of amides is 2. The van der Waals surface area contributed by atoms with Gasteiger partial charge in [-0.3, -0.25) is 9.59 Å². The van der Waals surface area contributed by atoms with E-state index in [1.54, 1.807) is 6.92 Å². The molecule has 2 amide bonds. The number of nitrogens with zero attached hydrogens (tertiary/aromatic N) is 1. The smallest absolute Gasteiger partial charge is 0.341 e. The lowest BCUT2D eigenvalue weighted by atomic mass is 10.1. The molecular formula is C17H21N3O4S2. The average Bonchev–Trinajstić information content (AvgIpc) is 2.96. The molecule has 3 N–H and O–H groups in total. The fraction of sp³-hybridized carbons (Fsp3) is 0.529. The van der Waals surface area contributed by atoms with Crippen LogP contribution >= 0.6 is 23.1 Å². The summed E-state index contributed by atoms with van der Waals surface area (Å²) in [6.07, 6.45) is 4.92. The van der Waals surface area contributed by atoms with Crippen LogP contribution in [0.15, 0.2) is 4.99 Å². The number of esters is 1. The van der Waals surface area contributed by atoms with E-state index in [4.69, 9.17) is 10.5 Å². The van der Waals surface area contributed by atoms with Gasteiger partial charge in [-0.1, -0.05) is 18.2 Å². The van der Waals surface area contributed by atoms with Gasteiger partial charge in [0, 0.05) is 11.3 Å². The van der Waals surface area contributed by atoms with Crippen molar-refractivity contribution in [2.45, 2.75) is 50.7 Å². The number of fused-ring (bicyclic) bond motifs is 1. The maximum atomic E-state index is 12.5. The number of amidine groups is 1. The van der Waals surface area contributed by atoms with Crippen LogP contribution in [0.3, 0.4) is 0 Å². The van der Waals surface area contributed by atoms with E-state index in [9.17, 15) is 14.4 Å². The third-order valence-corrected chi connectivity index (χ3v) is 6.48. The van der Waals surface area contributed by atoms with Crippen LogP contribution in [0.4, 0.5) is 5.00 Å². The van der Waals surface area contributed by atoms with Crippen molar-refractivity contribution < 1.29 is 19.1 Å². The maximum absolute atomic E-state index is 12.5. The molecule has 1 aliphatic carbocycles. The summed E-state index contributed by atoms with van der Waals surface area (Å²) in [7, 11) is 0. The molecule has 2 heterocycles. The Bertz CT molecular complexity index is 772. The monoisotopic (exact) mass is 395 g/mol.